The fraction of sp³-hybridized carbons (Fsp3) is 0.286. The van der Waals surface area contributed by atoms with E-state index in [1.54, 1.807) is 34.3 Å². The number of rotatable bonds is 6. The number of thioether (sulfide) groups is 1. The van der Waals surface area contributed by atoms with Crippen molar-refractivity contribution < 1.29 is 14.0 Å². The lowest BCUT2D eigenvalue weighted by Crippen LogP contribution is -2.42. The second kappa shape index (κ2) is 10.7. The zero-order valence-corrected chi connectivity index (χ0v) is 23.0. The van der Waals surface area contributed by atoms with Crippen LogP contribution in [-0.2, 0) is 21.5 Å². The van der Waals surface area contributed by atoms with E-state index in [2.05, 4.69) is 37.1 Å². The first-order chi connectivity index (χ1) is 18.2. The van der Waals surface area contributed by atoms with Crippen molar-refractivity contribution in [3.8, 4) is 5.69 Å². The van der Waals surface area contributed by atoms with E-state index in [1.165, 1.54) is 28.8 Å². The molecular weight excluding hydrogens is 521 g/mol. The Morgan fingerprint density at radius 1 is 1.13 bits per heavy atom. The second-order valence-electron chi connectivity index (χ2n) is 10.0. The molecule has 0 bridgehead atoms. The highest BCUT2D eigenvalue weighted by Crippen LogP contribution is 2.49. The molecular formula is C28H28FN5O2S2. The maximum Gasteiger partial charge on any atom is 0.240 e. The highest BCUT2D eigenvalue weighted by atomic mass is 32.2. The average molecular weight is 550 g/mol. The zero-order valence-electron chi connectivity index (χ0n) is 21.3. The average Bonchev–Trinajstić information content (AvgIpc) is 3.54. The van der Waals surface area contributed by atoms with Crippen LogP contribution < -0.4 is 10.2 Å². The molecule has 1 N–H and O–H groups in total. The van der Waals surface area contributed by atoms with E-state index in [-0.39, 0.29) is 47.1 Å². The number of nitrogens with zero attached hydrogens (tertiary/aromatic N) is 4. The zero-order chi connectivity index (χ0) is 26.9. The summed E-state index contributed by atoms with van der Waals surface area (Å²) in [6.07, 6.45) is 1.67. The Hall–Kier alpha value is -3.50. The topological polar surface area (TPSA) is 80.1 Å². The highest BCUT2D eigenvalue weighted by Gasteiger charge is 2.40. The van der Waals surface area contributed by atoms with Gasteiger partial charge in [-0.1, -0.05) is 32.9 Å². The standard InChI is InChI=1S/C28H28FN5O2S2/c1-28(2,3)26-24-25(21-8-6-14-37-21)38-17-23(36)33(16-22(35)31-15-19-7-4-5-13-30-19)27(24)34(32-26)20-11-9-18(29)10-12-20/h4-14,25H,15-17H2,1-3H3,(H,31,35). The lowest BCUT2D eigenvalue weighted by Gasteiger charge is -2.24. The molecule has 0 fully saturated rings. The molecule has 3 aromatic heterocycles. The number of amides is 2. The van der Waals surface area contributed by atoms with Crippen LogP contribution in [0.4, 0.5) is 10.2 Å². The van der Waals surface area contributed by atoms with Crippen LogP contribution in [0.3, 0.4) is 0 Å². The summed E-state index contributed by atoms with van der Waals surface area (Å²) in [5, 5.41) is 9.76. The number of aromatic nitrogens is 3. The molecule has 4 aromatic rings. The van der Waals surface area contributed by atoms with Crippen molar-refractivity contribution in [1.29, 1.82) is 0 Å². The summed E-state index contributed by atoms with van der Waals surface area (Å²) in [4.78, 5) is 33.6. The number of carbonyl (C=O) groups is 2. The van der Waals surface area contributed by atoms with Crippen LogP contribution in [-0.4, -0.2) is 38.9 Å². The van der Waals surface area contributed by atoms with E-state index in [0.29, 0.717) is 11.5 Å². The van der Waals surface area contributed by atoms with Crippen LogP contribution in [0.1, 0.15) is 47.8 Å². The third kappa shape index (κ3) is 5.37. The van der Waals surface area contributed by atoms with Gasteiger partial charge in [0.1, 0.15) is 18.2 Å². The van der Waals surface area contributed by atoms with Gasteiger partial charge in [-0.3, -0.25) is 19.5 Å². The molecule has 4 heterocycles. The molecule has 0 saturated heterocycles. The largest absolute Gasteiger partial charge is 0.349 e. The van der Waals surface area contributed by atoms with E-state index >= 15 is 0 Å². The number of thiophene rings is 1. The predicted octanol–water partition coefficient (Wildman–Crippen LogP) is 5.25. The van der Waals surface area contributed by atoms with Gasteiger partial charge in [0, 0.05) is 22.1 Å². The van der Waals surface area contributed by atoms with Gasteiger partial charge in [0.05, 0.1) is 34.6 Å². The monoisotopic (exact) mass is 549 g/mol. The lowest BCUT2D eigenvalue weighted by molar-refractivity contribution is -0.123. The van der Waals surface area contributed by atoms with E-state index in [0.717, 1.165) is 21.8 Å². The predicted molar refractivity (Wildman–Crippen MR) is 149 cm³/mol. The summed E-state index contributed by atoms with van der Waals surface area (Å²) in [5.74, 6) is -0.108. The minimum atomic E-state index is -0.364. The van der Waals surface area contributed by atoms with Gasteiger partial charge in [0.25, 0.3) is 0 Å². The Labute approximate surface area is 229 Å². The molecule has 5 rings (SSSR count). The van der Waals surface area contributed by atoms with Crippen molar-refractivity contribution in [2.24, 2.45) is 0 Å². The molecule has 2 amide bonds. The molecule has 0 saturated carbocycles. The minimum absolute atomic E-state index is 0.140. The first kappa shape index (κ1) is 26.1. The van der Waals surface area contributed by atoms with Crippen LogP contribution in [0.2, 0.25) is 0 Å². The summed E-state index contributed by atoms with van der Waals surface area (Å²) in [5.41, 5.74) is 2.71. The molecule has 0 spiro atoms. The van der Waals surface area contributed by atoms with Crippen LogP contribution >= 0.6 is 23.1 Å². The number of carbonyl (C=O) groups excluding carboxylic acids is 2. The molecule has 38 heavy (non-hydrogen) atoms. The molecule has 1 atom stereocenters. The van der Waals surface area contributed by atoms with Gasteiger partial charge >= 0.3 is 0 Å². The second-order valence-corrected chi connectivity index (χ2v) is 12.1. The van der Waals surface area contributed by atoms with E-state index in [9.17, 15) is 14.0 Å². The number of hydrogen-bond acceptors (Lipinski definition) is 6. The van der Waals surface area contributed by atoms with Gasteiger partial charge in [-0.05, 0) is 47.8 Å². The molecule has 7 nitrogen and oxygen atoms in total. The van der Waals surface area contributed by atoms with Gasteiger partial charge in [-0.2, -0.15) is 5.10 Å². The molecule has 1 aliphatic heterocycles. The van der Waals surface area contributed by atoms with Crippen molar-refractivity contribution in [3.63, 3.8) is 0 Å². The Kier molecular flexibility index (Phi) is 7.36. The number of pyridine rings is 1. The smallest absolute Gasteiger partial charge is 0.240 e. The number of nitrogens with one attached hydrogen (secondary N) is 1. The molecule has 1 unspecified atom stereocenters. The fourth-order valence-electron chi connectivity index (χ4n) is 4.39. The van der Waals surface area contributed by atoms with Crippen molar-refractivity contribution in [1.82, 2.24) is 20.1 Å². The SMILES string of the molecule is CC(C)(C)c1nn(-c2ccc(F)cc2)c2c1C(c1cccs1)SCC(=O)N2CC(=O)NCc1ccccn1. The quantitative estimate of drug-likeness (QED) is 0.355. The molecule has 0 aliphatic carbocycles. The van der Waals surface area contributed by atoms with Crippen LogP contribution in [0.5, 0.6) is 0 Å². The Morgan fingerprint density at radius 2 is 1.92 bits per heavy atom. The summed E-state index contributed by atoms with van der Waals surface area (Å²) in [6.45, 7) is 6.32. The number of hydrogen-bond donors (Lipinski definition) is 1. The first-order valence-corrected chi connectivity index (χ1v) is 14.2. The van der Waals surface area contributed by atoms with Crippen LogP contribution in [0, 0.1) is 5.82 Å². The van der Waals surface area contributed by atoms with E-state index < -0.39 is 0 Å². The van der Waals surface area contributed by atoms with Gasteiger partial charge < -0.3 is 5.32 Å². The van der Waals surface area contributed by atoms with Crippen molar-refractivity contribution in [2.75, 3.05) is 17.2 Å². The summed E-state index contributed by atoms with van der Waals surface area (Å²) >= 11 is 3.17. The number of halogens is 1. The number of benzene rings is 1. The maximum atomic E-state index is 13.8. The number of anilines is 1. The number of fused-ring (bicyclic) bond motifs is 1. The fourth-order valence-corrected chi connectivity index (χ4v) is 6.57. The van der Waals surface area contributed by atoms with Gasteiger partial charge in [-0.15, -0.1) is 23.1 Å². The molecule has 1 aromatic carbocycles. The Morgan fingerprint density at radius 3 is 2.58 bits per heavy atom. The summed E-state index contributed by atoms with van der Waals surface area (Å²) in [7, 11) is 0. The molecule has 196 valence electrons. The van der Waals surface area contributed by atoms with Crippen LogP contribution in [0.25, 0.3) is 5.69 Å². The van der Waals surface area contributed by atoms with Gasteiger partial charge in [0.15, 0.2) is 0 Å². The Bertz CT molecular complexity index is 1430. The molecule has 1 aliphatic rings. The molecule has 0 radical (unpaired) electrons. The third-order valence-electron chi connectivity index (χ3n) is 6.17. The normalized spacial score (nSPS) is 15.7. The Balaban J connectivity index is 1.62. The van der Waals surface area contributed by atoms with Crippen molar-refractivity contribution in [3.05, 3.63) is 93.8 Å². The maximum absolute atomic E-state index is 13.8. The van der Waals surface area contributed by atoms with E-state index in [4.69, 9.17) is 5.10 Å². The first-order valence-electron chi connectivity index (χ1n) is 12.2. The van der Waals surface area contributed by atoms with Crippen molar-refractivity contribution >= 4 is 40.7 Å². The molecule has 10 heteroatoms. The lowest BCUT2D eigenvalue weighted by atomic mass is 9.88. The van der Waals surface area contributed by atoms with Gasteiger partial charge in [0.2, 0.25) is 11.8 Å². The van der Waals surface area contributed by atoms with Gasteiger partial charge in [-0.25, -0.2) is 9.07 Å². The van der Waals surface area contributed by atoms with Crippen molar-refractivity contribution in [2.45, 2.75) is 38.0 Å². The van der Waals surface area contributed by atoms with Crippen LogP contribution in [0.15, 0.2) is 66.2 Å². The van der Waals surface area contributed by atoms with E-state index in [1.807, 2.05) is 29.6 Å². The summed E-state index contributed by atoms with van der Waals surface area (Å²) < 4.78 is 15.5. The summed E-state index contributed by atoms with van der Waals surface area (Å²) in [6, 6.07) is 15.6. The minimum Gasteiger partial charge on any atom is -0.349 e. The highest BCUT2D eigenvalue weighted by molar-refractivity contribution is 8.00. The third-order valence-corrected chi connectivity index (χ3v) is 8.49.